The Balaban J connectivity index is 2.54. The van der Waals surface area contributed by atoms with Crippen LogP contribution in [0.25, 0.3) is 5.57 Å². The first-order valence-corrected chi connectivity index (χ1v) is 4.53. The summed E-state index contributed by atoms with van der Waals surface area (Å²) in [6, 6.07) is 9.34. The SMILES string of the molecule is CC1=C(c2ccccc2)C(=O)CC1=O. The van der Waals surface area contributed by atoms with E-state index in [9.17, 15) is 9.59 Å². The number of rotatable bonds is 1. The maximum absolute atomic E-state index is 11.5. The zero-order chi connectivity index (χ0) is 10.1. The van der Waals surface area contributed by atoms with Crippen molar-refractivity contribution in [1.29, 1.82) is 0 Å². The molecular weight excluding hydrogens is 176 g/mol. The van der Waals surface area contributed by atoms with Crippen molar-refractivity contribution in [3.8, 4) is 0 Å². The summed E-state index contributed by atoms with van der Waals surface area (Å²) in [7, 11) is 0. The molecule has 1 aliphatic rings. The Labute approximate surface area is 82.2 Å². The molecule has 0 heterocycles. The van der Waals surface area contributed by atoms with E-state index in [1.54, 1.807) is 6.92 Å². The van der Waals surface area contributed by atoms with Gasteiger partial charge in [0.05, 0.1) is 6.42 Å². The molecule has 0 saturated carbocycles. The molecule has 0 saturated heterocycles. The van der Waals surface area contributed by atoms with E-state index in [0.717, 1.165) is 5.56 Å². The predicted molar refractivity (Wildman–Crippen MR) is 53.7 cm³/mol. The summed E-state index contributed by atoms with van der Waals surface area (Å²) in [5, 5.41) is 0. The third-order valence-corrected chi connectivity index (χ3v) is 2.46. The van der Waals surface area contributed by atoms with E-state index in [1.807, 2.05) is 30.3 Å². The summed E-state index contributed by atoms with van der Waals surface area (Å²) in [6.07, 6.45) is 0.0378. The molecule has 1 aromatic carbocycles. The molecule has 0 aromatic heterocycles. The van der Waals surface area contributed by atoms with Crippen LogP contribution in [0.4, 0.5) is 0 Å². The fraction of sp³-hybridized carbons (Fsp3) is 0.167. The van der Waals surface area contributed by atoms with Crippen LogP contribution in [0.3, 0.4) is 0 Å². The minimum atomic E-state index is -0.0568. The maximum Gasteiger partial charge on any atom is 0.171 e. The first kappa shape index (κ1) is 8.88. The zero-order valence-corrected chi connectivity index (χ0v) is 7.91. The molecule has 0 bridgehead atoms. The number of Topliss-reactive ketones (excluding diaryl/α,β-unsaturated/α-hetero) is 2. The molecular formula is C12H10O2. The van der Waals surface area contributed by atoms with Gasteiger partial charge in [-0.25, -0.2) is 0 Å². The average molecular weight is 186 g/mol. The Bertz CT molecular complexity index is 427. The van der Waals surface area contributed by atoms with Gasteiger partial charge in [-0.1, -0.05) is 30.3 Å². The Morgan fingerprint density at radius 2 is 1.64 bits per heavy atom. The Hall–Kier alpha value is -1.70. The van der Waals surface area contributed by atoms with Gasteiger partial charge >= 0.3 is 0 Å². The quantitative estimate of drug-likeness (QED) is 0.628. The number of carbonyl (C=O) groups excluding carboxylic acids is 2. The molecule has 2 heteroatoms. The molecule has 0 radical (unpaired) electrons. The van der Waals surface area contributed by atoms with E-state index < -0.39 is 0 Å². The molecule has 2 nitrogen and oxygen atoms in total. The molecule has 0 amide bonds. The van der Waals surface area contributed by atoms with Crippen LogP contribution < -0.4 is 0 Å². The summed E-state index contributed by atoms with van der Waals surface area (Å²) in [5.41, 5.74) is 2.04. The largest absolute Gasteiger partial charge is 0.294 e. The van der Waals surface area contributed by atoms with Crippen LogP contribution in [-0.4, -0.2) is 11.6 Å². The summed E-state index contributed by atoms with van der Waals surface area (Å²) in [5.74, 6) is -0.104. The van der Waals surface area contributed by atoms with Crippen molar-refractivity contribution < 1.29 is 9.59 Å². The third kappa shape index (κ3) is 1.29. The van der Waals surface area contributed by atoms with E-state index in [1.165, 1.54) is 0 Å². The van der Waals surface area contributed by atoms with Gasteiger partial charge in [0.25, 0.3) is 0 Å². The van der Waals surface area contributed by atoms with Crippen LogP contribution in [-0.2, 0) is 9.59 Å². The first-order valence-electron chi connectivity index (χ1n) is 4.53. The van der Waals surface area contributed by atoms with Gasteiger partial charge in [0.2, 0.25) is 0 Å². The van der Waals surface area contributed by atoms with E-state index in [-0.39, 0.29) is 18.0 Å². The third-order valence-electron chi connectivity index (χ3n) is 2.46. The highest BCUT2D eigenvalue weighted by atomic mass is 16.2. The van der Waals surface area contributed by atoms with Crippen molar-refractivity contribution in [3.05, 3.63) is 41.5 Å². The number of ketones is 2. The Morgan fingerprint density at radius 1 is 1.00 bits per heavy atom. The summed E-state index contributed by atoms with van der Waals surface area (Å²) in [6.45, 7) is 1.72. The van der Waals surface area contributed by atoms with Crippen LogP contribution in [0.2, 0.25) is 0 Å². The first-order chi connectivity index (χ1) is 6.70. The topological polar surface area (TPSA) is 34.1 Å². The highest BCUT2D eigenvalue weighted by molar-refractivity contribution is 6.37. The van der Waals surface area contributed by atoms with E-state index in [4.69, 9.17) is 0 Å². The second-order valence-corrected chi connectivity index (χ2v) is 3.39. The lowest BCUT2D eigenvalue weighted by atomic mass is 10.0. The molecule has 0 unspecified atom stereocenters. The summed E-state index contributed by atoms with van der Waals surface area (Å²) >= 11 is 0. The van der Waals surface area contributed by atoms with Gasteiger partial charge in [-0.3, -0.25) is 9.59 Å². The fourth-order valence-electron chi connectivity index (χ4n) is 1.70. The van der Waals surface area contributed by atoms with Gasteiger partial charge in [0, 0.05) is 11.1 Å². The van der Waals surface area contributed by atoms with Crippen LogP contribution in [0, 0.1) is 0 Å². The minimum absolute atomic E-state index is 0.0378. The van der Waals surface area contributed by atoms with Crippen LogP contribution in [0.1, 0.15) is 18.9 Å². The van der Waals surface area contributed by atoms with Gasteiger partial charge in [0.1, 0.15) is 0 Å². The lowest BCUT2D eigenvalue weighted by Gasteiger charge is -2.00. The van der Waals surface area contributed by atoms with E-state index >= 15 is 0 Å². The fourth-order valence-corrected chi connectivity index (χ4v) is 1.70. The smallest absolute Gasteiger partial charge is 0.171 e. The number of allylic oxidation sites excluding steroid dienone is 2. The number of benzene rings is 1. The van der Waals surface area contributed by atoms with Gasteiger partial charge in [-0.15, -0.1) is 0 Å². The normalized spacial score (nSPS) is 16.6. The van der Waals surface area contributed by atoms with E-state index in [2.05, 4.69) is 0 Å². The zero-order valence-electron chi connectivity index (χ0n) is 7.91. The summed E-state index contributed by atoms with van der Waals surface area (Å²) < 4.78 is 0. The van der Waals surface area contributed by atoms with Crippen molar-refractivity contribution >= 4 is 17.1 Å². The van der Waals surface area contributed by atoms with Crippen molar-refractivity contribution in [2.24, 2.45) is 0 Å². The van der Waals surface area contributed by atoms with Crippen molar-refractivity contribution in [3.63, 3.8) is 0 Å². The molecule has 1 aliphatic carbocycles. The van der Waals surface area contributed by atoms with E-state index in [0.29, 0.717) is 11.1 Å². The second kappa shape index (κ2) is 3.22. The lowest BCUT2D eigenvalue weighted by molar-refractivity contribution is -0.120. The standard InChI is InChI=1S/C12H10O2/c1-8-10(13)7-11(14)12(8)9-5-3-2-4-6-9/h2-6H,7H2,1H3. The summed E-state index contributed by atoms with van der Waals surface area (Å²) in [4.78, 5) is 22.8. The van der Waals surface area contributed by atoms with Crippen LogP contribution in [0.5, 0.6) is 0 Å². The Morgan fingerprint density at radius 3 is 2.14 bits per heavy atom. The van der Waals surface area contributed by atoms with Gasteiger partial charge in [-0.05, 0) is 12.5 Å². The highest BCUT2D eigenvalue weighted by Gasteiger charge is 2.27. The van der Waals surface area contributed by atoms with Crippen LogP contribution >= 0.6 is 0 Å². The highest BCUT2D eigenvalue weighted by Crippen LogP contribution is 2.27. The average Bonchev–Trinajstić information content (AvgIpc) is 2.43. The number of hydrogen-bond donors (Lipinski definition) is 0. The predicted octanol–water partition coefficient (Wildman–Crippen LogP) is 2.00. The van der Waals surface area contributed by atoms with Crippen molar-refractivity contribution in [2.75, 3.05) is 0 Å². The van der Waals surface area contributed by atoms with Gasteiger partial charge < -0.3 is 0 Å². The molecule has 0 atom stereocenters. The molecule has 0 aliphatic heterocycles. The molecule has 14 heavy (non-hydrogen) atoms. The molecule has 0 fully saturated rings. The molecule has 70 valence electrons. The van der Waals surface area contributed by atoms with Gasteiger partial charge in [0.15, 0.2) is 11.6 Å². The monoisotopic (exact) mass is 186 g/mol. The number of carbonyl (C=O) groups is 2. The maximum atomic E-state index is 11.5. The Kier molecular flexibility index (Phi) is 2.04. The minimum Gasteiger partial charge on any atom is -0.294 e. The van der Waals surface area contributed by atoms with Crippen molar-refractivity contribution in [1.82, 2.24) is 0 Å². The molecule has 1 aromatic rings. The number of hydrogen-bond acceptors (Lipinski definition) is 2. The lowest BCUT2D eigenvalue weighted by Crippen LogP contribution is -1.96. The van der Waals surface area contributed by atoms with Gasteiger partial charge in [-0.2, -0.15) is 0 Å². The molecule has 0 N–H and O–H groups in total. The molecule has 0 spiro atoms. The van der Waals surface area contributed by atoms with Crippen molar-refractivity contribution in [2.45, 2.75) is 13.3 Å². The molecule has 2 rings (SSSR count). The van der Waals surface area contributed by atoms with Crippen LogP contribution in [0.15, 0.2) is 35.9 Å². The second-order valence-electron chi connectivity index (χ2n) is 3.39.